The molecule has 1 saturated heterocycles. The summed E-state index contributed by atoms with van der Waals surface area (Å²) in [7, 11) is 0. The Labute approximate surface area is 98.1 Å². The highest BCUT2D eigenvalue weighted by Crippen LogP contribution is 2.19. The van der Waals surface area contributed by atoms with Crippen LogP contribution in [0.2, 0.25) is 0 Å². The van der Waals surface area contributed by atoms with E-state index < -0.39 is 0 Å². The van der Waals surface area contributed by atoms with Gasteiger partial charge in [0.25, 0.3) is 0 Å². The van der Waals surface area contributed by atoms with E-state index in [1.54, 1.807) is 0 Å². The van der Waals surface area contributed by atoms with E-state index >= 15 is 0 Å². The number of rotatable bonds is 4. The molecule has 4 heteroatoms. The number of nitrogens with two attached hydrogens (primary N) is 1. The van der Waals surface area contributed by atoms with Crippen LogP contribution < -0.4 is 5.73 Å². The number of carbonyl (C=O) groups excluding carboxylic acids is 1. The van der Waals surface area contributed by atoms with E-state index in [2.05, 4.69) is 20.8 Å². The van der Waals surface area contributed by atoms with Crippen molar-refractivity contribution in [3.63, 3.8) is 0 Å². The fourth-order valence-electron chi connectivity index (χ4n) is 1.93. The van der Waals surface area contributed by atoms with E-state index in [4.69, 9.17) is 10.5 Å². The normalized spacial score (nSPS) is 22.6. The van der Waals surface area contributed by atoms with E-state index in [9.17, 15) is 4.79 Å². The second kappa shape index (κ2) is 5.64. The summed E-state index contributed by atoms with van der Waals surface area (Å²) in [5, 5.41) is 0. The molecule has 0 aromatic rings. The fourth-order valence-corrected chi connectivity index (χ4v) is 1.93. The summed E-state index contributed by atoms with van der Waals surface area (Å²) >= 11 is 0. The summed E-state index contributed by atoms with van der Waals surface area (Å²) in [6.07, 6.45) is 2.08. The zero-order chi connectivity index (χ0) is 12.2. The van der Waals surface area contributed by atoms with Gasteiger partial charge in [0.15, 0.2) is 0 Å². The van der Waals surface area contributed by atoms with Crippen LogP contribution in [0.15, 0.2) is 0 Å². The van der Waals surface area contributed by atoms with E-state index in [1.165, 1.54) is 0 Å². The Morgan fingerprint density at radius 1 is 1.50 bits per heavy atom. The maximum Gasteiger partial charge on any atom is 0.248 e. The SMILES string of the molecule is CC(C)(C)CN1CC(CCCN)OCC1=O. The first kappa shape index (κ1) is 13.5. The third-order valence-electron chi connectivity index (χ3n) is 2.61. The number of nitrogens with zero attached hydrogens (tertiary/aromatic N) is 1. The molecular formula is C12H24N2O2. The molecule has 0 saturated carbocycles. The number of ether oxygens (including phenoxy) is 1. The molecule has 0 aromatic heterocycles. The third-order valence-corrected chi connectivity index (χ3v) is 2.61. The van der Waals surface area contributed by atoms with Crippen molar-refractivity contribution in [3.05, 3.63) is 0 Å². The van der Waals surface area contributed by atoms with Gasteiger partial charge in [0.1, 0.15) is 6.61 Å². The zero-order valence-electron chi connectivity index (χ0n) is 10.7. The standard InChI is InChI=1S/C12H24N2O2/c1-12(2,3)9-14-7-10(5-4-6-13)16-8-11(14)15/h10H,4-9,13H2,1-3H3. The van der Waals surface area contributed by atoms with E-state index in [1.807, 2.05) is 4.90 Å². The average Bonchev–Trinajstić information content (AvgIpc) is 2.17. The van der Waals surface area contributed by atoms with E-state index in [0.717, 1.165) is 25.9 Å². The Morgan fingerprint density at radius 2 is 2.19 bits per heavy atom. The first-order valence-electron chi connectivity index (χ1n) is 6.02. The molecule has 1 heterocycles. The Bertz CT molecular complexity index is 236. The van der Waals surface area contributed by atoms with Gasteiger partial charge in [-0.05, 0) is 24.8 Å². The number of hydrogen-bond donors (Lipinski definition) is 1. The van der Waals surface area contributed by atoms with Crippen LogP contribution in [0.25, 0.3) is 0 Å². The molecule has 94 valence electrons. The van der Waals surface area contributed by atoms with Gasteiger partial charge in [0, 0.05) is 13.1 Å². The van der Waals surface area contributed by atoms with Gasteiger partial charge >= 0.3 is 0 Å². The van der Waals surface area contributed by atoms with Crippen LogP contribution in [0.1, 0.15) is 33.6 Å². The maximum atomic E-state index is 11.7. The molecule has 4 nitrogen and oxygen atoms in total. The highest BCUT2D eigenvalue weighted by atomic mass is 16.5. The molecule has 0 bridgehead atoms. The first-order chi connectivity index (χ1) is 7.42. The minimum atomic E-state index is 0.110. The van der Waals surface area contributed by atoms with Crippen LogP contribution in [-0.4, -0.2) is 43.2 Å². The van der Waals surface area contributed by atoms with Crippen molar-refractivity contribution in [2.45, 2.75) is 39.7 Å². The van der Waals surface area contributed by atoms with Crippen molar-refractivity contribution in [2.75, 3.05) is 26.2 Å². The van der Waals surface area contributed by atoms with Gasteiger partial charge in [-0.2, -0.15) is 0 Å². The minimum Gasteiger partial charge on any atom is -0.367 e. The quantitative estimate of drug-likeness (QED) is 0.781. The van der Waals surface area contributed by atoms with Crippen molar-refractivity contribution in [2.24, 2.45) is 11.1 Å². The number of amides is 1. The summed E-state index contributed by atoms with van der Waals surface area (Å²) in [5.74, 6) is 0.110. The average molecular weight is 228 g/mol. The van der Waals surface area contributed by atoms with Crippen molar-refractivity contribution < 1.29 is 9.53 Å². The summed E-state index contributed by atoms with van der Waals surface area (Å²) in [6.45, 7) is 8.86. The van der Waals surface area contributed by atoms with Gasteiger partial charge in [0.05, 0.1) is 6.10 Å². The number of hydrogen-bond acceptors (Lipinski definition) is 3. The van der Waals surface area contributed by atoms with Crippen LogP contribution in [0, 0.1) is 5.41 Å². The number of morpholine rings is 1. The topological polar surface area (TPSA) is 55.6 Å². The lowest BCUT2D eigenvalue weighted by molar-refractivity contribution is -0.151. The molecule has 1 fully saturated rings. The highest BCUT2D eigenvalue weighted by Gasteiger charge is 2.28. The third kappa shape index (κ3) is 4.49. The lowest BCUT2D eigenvalue weighted by Crippen LogP contribution is -2.49. The largest absolute Gasteiger partial charge is 0.367 e. The van der Waals surface area contributed by atoms with Crippen LogP contribution in [0.4, 0.5) is 0 Å². The first-order valence-corrected chi connectivity index (χ1v) is 6.02. The second-order valence-corrected chi connectivity index (χ2v) is 5.70. The molecule has 1 aliphatic rings. The van der Waals surface area contributed by atoms with Crippen LogP contribution in [0.3, 0.4) is 0 Å². The Balaban J connectivity index is 2.45. The molecule has 1 atom stereocenters. The monoisotopic (exact) mass is 228 g/mol. The maximum absolute atomic E-state index is 11.7. The summed E-state index contributed by atoms with van der Waals surface area (Å²) in [5.41, 5.74) is 5.62. The number of carbonyl (C=O) groups is 1. The molecule has 0 radical (unpaired) electrons. The minimum absolute atomic E-state index is 0.110. The Kier molecular flexibility index (Phi) is 4.74. The van der Waals surface area contributed by atoms with Gasteiger partial charge in [0.2, 0.25) is 5.91 Å². The van der Waals surface area contributed by atoms with Crippen molar-refractivity contribution in [3.8, 4) is 0 Å². The summed E-state index contributed by atoms with van der Waals surface area (Å²) < 4.78 is 5.49. The van der Waals surface area contributed by atoms with Gasteiger partial charge < -0.3 is 15.4 Å². The summed E-state index contributed by atoms with van der Waals surface area (Å²) in [6, 6.07) is 0. The van der Waals surface area contributed by atoms with Gasteiger partial charge in [-0.25, -0.2) is 0 Å². The van der Waals surface area contributed by atoms with Crippen molar-refractivity contribution in [1.29, 1.82) is 0 Å². The molecular weight excluding hydrogens is 204 g/mol. The lowest BCUT2D eigenvalue weighted by Gasteiger charge is -2.36. The Hall–Kier alpha value is -0.610. The molecule has 16 heavy (non-hydrogen) atoms. The fraction of sp³-hybridized carbons (Fsp3) is 0.917. The van der Waals surface area contributed by atoms with E-state index in [0.29, 0.717) is 6.54 Å². The predicted octanol–water partition coefficient (Wildman–Crippen LogP) is 0.999. The lowest BCUT2D eigenvalue weighted by atomic mass is 9.95. The summed E-state index contributed by atoms with van der Waals surface area (Å²) in [4.78, 5) is 13.6. The highest BCUT2D eigenvalue weighted by molar-refractivity contribution is 5.78. The van der Waals surface area contributed by atoms with Gasteiger partial charge in [-0.1, -0.05) is 20.8 Å². The molecule has 2 N–H and O–H groups in total. The molecule has 1 rings (SSSR count). The Morgan fingerprint density at radius 3 is 2.75 bits per heavy atom. The smallest absolute Gasteiger partial charge is 0.248 e. The predicted molar refractivity (Wildman–Crippen MR) is 64.1 cm³/mol. The van der Waals surface area contributed by atoms with Crippen LogP contribution in [0.5, 0.6) is 0 Å². The second-order valence-electron chi connectivity index (χ2n) is 5.70. The molecule has 0 aliphatic carbocycles. The molecule has 1 amide bonds. The molecule has 1 aliphatic heterocycles. The van der Waals surface area contributed by atoms with Crippen LogP contribution >= 0.6 is 0 Å². The molecule has 1 unspecified atom stereocenters. The molecule has 0 spiro atoms. The van der Waals surface area contributed by atoms with Gasteiger partial charge in [-0.15, -0.1) is 0 Å². The van der Waals surface area contributed by atoms with E-state index in [-0.39, 0.29) is 24.0 Å². The van der Waals surface area contributed by atoms with Crippen molar-refractivity contribution >= 4 is 5.91 Å². The van der Waals surface area contributed by atoms with Crippen molar-refractivity contribution in [1.82, 2.24) is 4.90 Å². The molecule has 0 aromatic carbocycles. The van der Waals surface area contributed by atoms with Crippen LogP contribution in [-0.2, 0) is 9.53 Å². The zero-order valence-corrected chi connectivity index (χ0v) is 10.7. The van der Waals surface area contributed by atoms with Gasteiger partial charge in [-0.3, -0.25) is 4.79 Å².